The van der Waals surface area contributed by atoms with E-state index in [1.807, 2.05) is 6.07 Å². The Morgan fingerprint density at radius 2 is 1.94 bits per heavy atom. The van der Waals surface area contributed by atoms with E-state index in [0.29, 0.717) is 0 Å². The molecule has 0 aromatic heterocycles. The molecule has 0 N–H and O–H groups in total. The maximum atomic E-state index is 3.15. The van der Waals surface area contributed by atoms with Crippen LogP contribution in [0.5, 0.6) is 0 Å². The van der Waals surface area contributed by atoms with Gasteiger partial charge in [0.2, 0.25) is 0 Å². The second-order valence-corrected chi connectivity index (χ2v) is 4.82. The molecule has 0 bridgehead atoms. The summed E-state index contributed by atoms with van der Waals surface area (Å²) in [4.78, 5) is 4.63. The Kier molecular flexibility index (Phi) is 2.41. The van der Waals surface area contributed by atoms with Crippen LogP contribution < -0.4 is 9.80 Å². The zero-order valence-corrected chi connectivity index (χ0v) is 11.0. The van der Waals surface area contributed by atoms with Crippen molar-refractivity contribution in [2.24, 2.45) is 0 Å². The molecule has 0 aliphatic carbocycles. The van der Waals surface area contributed by atoms with Crippen molar-refractivity contribution in [3.63, 3.8) is 0 Å². The molecule has 0 radical (unpaired) electrons. The molecule has 0 fully saturated rings. The second-order valence-electron chi connectivity index (χ2n) is 4.82. The van der Waals surface area contributed by atoms with E-state index in [1.54, 1.807) is 0 Å². The van der Waals surface area contributed by atoms with E-state index in [1.165, 1.54) is 22.6 Å². The first-order valence-electron chi connectivity index (χ1n) is 6.16. The minimum Gasteiger partial charge on any atom is -0.355 e. The highest BCUT2D eigenvalue weighted by molar-refractivity contribution is 5.84. The summed E-state index contributed by atoms with van der Waals surface area (Å²) in [5.41, 5.74) is 6.27. The third-order valence-corrected chi connectivity index (χ3v) is 3.50. The Morgan fingerprint density at radius 3 is 2.72 bits per heavy atom. The summed E-state index contributed by atoms with van der Waals surface area (Å²) in [6.07, 6.45) is 0. The van der Waals surface area contributed by atoms with E-state index in [0.717, 1.165) is 12.2 Å². The van der Waals surface area contributed by atoms with Gasteiger partial charge >= 0.3 is 0 Å². The lowest BCUT2D eigenvalue weighted by molar-refractivity contribution is 0.944. The zero-order valence-electron chi connectivity index (χ0n) is 11.0. The van der Waals surface area contributed by atoms with Crippen LogP contribution in [0.3, 0.4) is 0 Å². The van der Waals surface area contributed by atoms with Crippen LogP contribution in [0.1, 0.15) is 11.1 Å². The summed E-state index contributed by atoms with van der Waals surface area (Å²) in [5.74, 6) is 0. The van der Waals surface area contributed by atoms with Crippen molar-refractivity contribution in [3.8, 4) is 0 Å². The maximum Gasteiger partial charge on any atom is 0.0950 e. The van der Waals surface area contributed by atoms with Gasteiger partial charge in [-0.15, -0.1) is 0 Å². The van der Waals surface area contributed by atoms with E-state index in [2.05, 4.69) is 67.1 Å². The van der Waals surface area contributed by atoms with Gasteiger partial charge in [-0.05, 0) is 37.6 Å². The molecule has 0 unspecified atom stereocenters. The fourth-order valence-electron chi connectivity index (χ4n) is 2.67. The van der Waals surface area contributed by atoms with Gasteiger partial charge in [0, 0.05) is 12.6 Å². The highest BCUT2D eigenvalue weighted by atomic mass is 15.4. The summed E-state index contributed by atoms with van der Waals surface area (Å²) >= 11 is 0. The van der Waals surface area contributed by atoms with Crippen LogP contribution in [0.15, 0.2) is 30.3 Å². The molecule has 0 amide bonds. The van der Waals surface area contributed by atoms with Crippen LogP contribution in [0, 0.1) is 26.0 Å². The van der Waals surface area contributed by atoms with Gasteiger partial charge in [-0.1, -0.05) is 24.3 Å². The Morgan fingerprint density at radius 1 is 1.11 bits per heavy atom. The van der Waals surface area contributed by atoms with Crippen LogP contribution >= 0.6 is 0 Å². The molecule has 2 aromatic carbocycles. The molecule has 2 heteroatoms. The Bertz CT molecular complexity index is 589. The van der Waals surface area contributed by atoms with Crippen molar-refractivity contribution in [3.05, 3.63) is 53.6 Å². The van der Waals surface area contributed by atoms with Crippen LogP contribution in [-0.2, 0) is 0 Å². The number of fused-ring (bicyclic) bond motifs is 1. The SMILES string of the molecule is Cc1c#cccc1N1CN(C)c2c(C)cccc21. The number of benzene rings is 1. The van der Waals surface area contributed by atoms with Crippen molar-refractivity contribution in [1.82, 2.24) is 0 Å². The number of para-hydroxylation sites is 1. The third kappa shape index (κ3) is 1.52. The van der Waals surface area contributed by atoms with Crippen LogP contribution in [0.4, 0.5) is 17.1 Å². The van der Waals surface area contributed by atoms with E-state index < -0.39 is 0 Å². The van der Waals surface area contributed by atoms with Crippen LogP contribution in [0.2, 0.25) is 0 Å². The lowest BCUT2D eigenvalue weighted by atomic mass is 10.1. The highest BCUT2D eigenvalue weighted by Crippen LogP contribution is 2.42. The molecule has 0 saturated heterocycles. The maximum absolute atomic E-state index is 3.15. The van der Waals surface area contributed by atoms with Gasteiger partial charge in [0.1, 0.15) is 0 Å². The van der Waals surface area contributed by atoms with Crippen molar-refractivity contribution in [2.45, 2.75) is 13.8 Å². The number of hydrogen-bond acceptors (Lipinski definition) is 2. The Balaban J connectivity index is 2.14. The topological polar surface area (TPSA) is 6.48 Å². The molecule has 1 aliphatic heterocycles. The van der Waals surface area contributed by atoms with E-state index >= 15 is 0 Å². The Hall–Kier alpha value is -2.14. The summed E-state index contributed by atoms with van der Waals surface area (Å²) in [6.45, 7) is 5.13. The average Bonchev–Trinajstić information content (AvgIpc) is 2.69. The summed E-state index contributed by atoms with van der Waals surface area (Å²) in [5, 5.41) is 0. The van der Waals surface area contributed by atoms with E-state index in [-0.39, 0.29) is 0 Å². The fourth-order valence-corrected chi connectivity index (χ4v) is 2.67. The second kappa shape index (κ2) is 3.96. The van der Waals surface area contributed by atoms with Crippen molar-refractivity contribution >= 4 is 17.1 Å². The molecule has 3 rings (SSSR count). The predicted molar refractivity (Wildman–Crippen MR) is 75.4 cm³/mol. The molecular weight excluding hydrogens is 220 g/mol. The molecule has 2 aromatic rings. The molecular formula is C16H16N2. The van der Waals surface area contributed by atoms with Gasteiger partial charge in [0.05, 0.1) is 23.7 Å². The molecule has 1 heterocycles. The number of rotatable bonds is 1. The van der Waals surface area contributed by atoms with Crippen molar-refractivity contribution < 1.29 is 0 Å². The molecule has 0 atom stereocenters. The van der Waals surface area contributed by atoms with Crippen LogP contribution in [-0.4, -0.2) is 13.7 Å². The number of hydrogen-bond donors (Lipinski definition) is 0. The van der Waals surface area contributed by atoms with Gasteiger partial charge < -0.3 is 9.80 Å². The first-order valence-corrected chi connectivity index (χ1v) is 6.16. The predicted octanol–water partition coefficient (Wildman–Crippen LogP) is 3.45. The first-order chi connectivity index (χ1) is 8.68. The zero-order chi connectivity index (χ0) is 12.7. The Labute approximate surface area is 108 Å². The average molecular weight is 236 g/mol. The van der Waals surface area contributed by atoms with Crippen LogP contribution in [0.25, 0.3) is 0 Å². The quantitative estimate of drug-likeness (QED) is 0.748. The number of anilines is 3. The van der Waals surface area contributed by atoms with Gasteiger partial charge in [0.25, 0.3) is 0 Å². The van der Waals surface area contributed by atoms with E-state index in [9.17, 15) is 0 Å². The molecule has 2 nitrogen and oxygen atoms in total. The standard InChI is InChI=1S/C16H16N2/c1-12-7-4-5-9-14(12)18-11-17(3)16-13(2)8-6-10-15(16)18/h5-6,8-10H,11H2,1-3H3. The van der Waals surface area contributed by atoms with Gasteiger partial charge in [0.15, 0.2) is 0 Å². The molecule has 18 heavy (non-hydrogen) atoms. The van der Waals surface area contributed by atoms with Gasteiger partial charge in [-0.25, -0.2) is 0 Å². The molecule has 1 aliphatic rings. The fraction of sp³-hybridized carbons (Fsp3) is 0.250. The lowest BCUT2D eigenvalue weighted by Crippen LogP contribution is -2.24. The molecule has 0 spiro atoms. The highest BCUT2D eigenvalue weighted by Gasteiger charge is 2.26. The van der Waals surface area contributed by atoms with Crippen molar-refractivity contribution in [1.29, 1.82) is 0 Å². The number of nitrogens with zero attached hydrogens (tertiary/aromatic N) is 2. The smallest absolute Gasteiger partial charge is 0.0950 e. The largest absolute Gasteiger partial charge is 0.355 e. The minimum atomic E-state index is 0.888. The number of aryl methyl sites for hydroxylation is 1. The lowest BCUT2D eigenvalue weighted by Gasteiger charge is -2.20. The minimum absolute atomic E-state index is 0.888. The summed E-state index contributed by atoms with van der Waals surface area (Å²) in [7, 11) is 2.14. The van der Waals surface area contributed by atoms with Gasteiger partial charge in [-0.3, -0.25) is 0 Å². The normalized spacial score (nSPS) is 13.5. The van der Waals surface area contributed by atoms with Gasteiger partial charge in [-0.2, -0.15) is 0 Å². The molecule has 90 valence electrons. The van der Waals surface area contributed by atoms with E-state index in [4.69, 9.17) is 0 Å². The third-order valence-electron chi connectivity index (χ3n) is 3.50. The summed E-state index contributed by atoms with van der Waals surface area (Å²) < 4.78 is 0. The first kappa shape index (κ1) is 11.0. The summed E-state index contributed by atoms with van der Waals surface area (Å²) in [6, 6.07) is 16.7. The monoisotopic (exact) mass is 236 g/mol. The molecule has 0 saturated carbocycles. The van der Waals surface area contributed by atoms with Crippen molar-refractivity contribution in [2.75, 3.05) is 23.5 Å².